The molecule has 3 heterocycles. The van der Waals surface area contributed by atoms with E-state index in [1.54, 1.807) is 0 Å². The molecule has 0 radical (unpaired) electrons. The van der Waals surface area contributed by atoms with Gasteiger partial charge in [0.15, 0.2) is 0 Å². The summed E-state index contributed by atoms with van der Waals surface area (Å²) < 4.78 is 6.05. The third kappa shape index (κ3) is 3.19. The zero-order chi connectivity index (χ0) is 20.0. The Kier molecular flexibility index (Phi) is 3.99. The summed E-state index contributed by atoms with van der Waals surface area (Å²) in [5, 5.41) is 2.08. The van der Waals surface area contributed by atoms with E-state index in [2.05, 4.69) is 79.3 Å². The Hall–Kier alpha value is -3.46. The number of nitrogens with zero attached hydrogens (tertiary/aromatic N) is 2. The molecule has 0 atom stereocenters. The number of hydrogen-bond acceptors (Lipinski definition) is 3. The van der Waals surface area contributed by atoms with E-state index in [4.69, 9.17) is 4.42 Å². The van der Waals surface area contributed by atoms with Crippen molar-refractivity contribution in [2.45, 2.75) is 26.2 Å². The second-order valence-electron chi connectivity index (χ2n) is 8.44. The largest absolute Gasteiger partial charge is 0.438 e. The molecule has 2 aromatic carbocycles. The zero-order valence-electron chi connectivity index (χ0n) is 16.8. The molecule has 0 aliphatic heterocycles. The lowest BCUT2D eigenvalue weighted by Crippen LogP contribution is -2.11. The Morgan fingerprint density at radius 2 is 1.55 bits per heavy atom. The minimum Gasteiger partial charge on any atom is -0.438 e. The van der Waals surface area contributed by atoms with Crippen molar-refractivity contribution in [3.05, 3.63) is 84.7 Å². The molecule has 0 bridgehead atoms. The third-order valence-electron chi connectivity index (χ3n) is 5.36. The van der Waals surface area contributed by atoms with Gasteiger partial charge in [0, 0.05) is 28.7 Å². The summed E-state index contributed by atoms with van der Waals surface area (Å²) in [7, 11) is 0. The monoisotopic (exact) mass is 378 g/mol. The van der Waals surface area contributed by atoms with Crippen molar-refractivity contribution in [3.63, 3.8) is 0 Å². The molecule has 0 unspecified atom stereocenters. The normalized spacial score (nSPS) is 12.0. The lowest BCUT2D eigenvalue weighted by Gasteiger charge is -2.19. The molecular formula is C26H22N2O. The fourth-order valence-corrected chi connectivity index (χ4v) is 3.67. The number of furan rings is 1. The van der Waals surface area contributed by atoms with Crippen LogP contribution in [-0.2, 0) is 5.41 Å². The standard InChI is InChI=1S/C26H22N2O/c1-26(2,3)20-11-12-27-23(15-20)19-13-22-21-10-9-18(17-7-5-4-6-8-17)14-24(21)29-25(22)28-16-19/h4-16H,1-3H3. The van der Waals surface area contributed by atoms with Crippen LogP contribution in [0.15, 0.2) is 83.5 Å². The maximum Gasteiger partial charge on any atom is 0.227 e. The van der Waals surface area contributed by atoms with Crippen LogP contribution < -0.4 is 0 Å². The molecule has 142 valence electrons. The van der Waals surface area contributed by atoms with Crippen molar-refractivity contribution in [3.8, 4) is 22.4 Å². The Balaban J connectivity index is 1.63. The van der Waals surface area contributed by atoms with Crippen LogP contribution in [0.1, 0.15) is 26.3 Å². The van der Waals surface area contributed by atoms with Gasteiger partial charge in [0.25, 0.3) is 0 Å². The van der Waals surface area contributed by atoms with E-state index in [-0.39, 0.29) is 5.41 Å². The number of hydrogen-bond donors (Lipinski definition) is 0. The van der Waals surface area contributed by atoms with E-state index in [0.29, 0.717) is 5.71 Å². The van der Waals surface area contributed by atoms with Crippen molar-refractivity contribution in [1.82, 2.24) is 9.97 Å². The first-order valence-electron chi connectivity index (χ1n) is 9.84. The molecule has 0 spiro atoms. The highest BCUT2D eigenvalue weighted by Gasteiger charge is 2.16. The van der Waals surface area contributed by atoms with Gasteiger partial charge in [-0.2, -0.15) is 0 Å². The molecule has 29 heavy (non-hydrogen) atoms. The Morgan fingerprint density at radius 1 is 0.724 bits per heavy atom. The van der Waals surface area contributed by atoms with Crippen molar-refractivity contribution in [2.24, 2.45) is 0 Å². The molecule has 0 aliphatic carbocycles. The molecule has 3 nitrogen and oxygen atoms in total. The summed E-state index contributed by atoms with van der Waals surface area (Å²) in [5.41, 5.74) is 7.07. The van der Waals surface area contributed by atoms with Crippen LogP contribution in [-0.4, -0.2) is 9.97 Å². The lowest BCUT2D eigenvalue weighted by molar-refractivity contribution is 0.589. The molecule has 3 heteroatoms. The molecule has 0 fully saturated rings. The second-order valence-corrected chi connectivity index (χ2v) is 8.44. The van der Waals surface area contributed by atoms with Crippen LogP contribution in [0.3, 0.4) is 0 Å². The summed E-state index contributed by atoms with van der Waals surface area (Å²) in [6, 6.07) is 23.0. The number of fused-ring (bicyclic) bond motifs is 3. The minimum atomic E-state index is 0.0748. The van der Waals surface area contributed by atoms with Gasteiger partial charge in [-0.15, -0.1) is 0 Å². The minimum absolute atomic E-state index is 0.0748. The fourth-order valence-electron chi connectivity index (χ4n) is 3.67. The molecular weight excluding hydrogens is 356 g/mol. The molecule has 0 aliphatic rings. The topological polar surface area (TPSA) is 38.9 Å². The number of benzene rings is 2. The van der Waals surface area contributed by atoms with Crippen LogP contribution in [0.5, 0.6) is 0 Å². The summed E-state index contributed by atoms with van der Waals surface area (Å²) in [4.78, 5) is 9.16. The maximum atomic E-state index is 6.05. The first kappa shape index (κ1) is 17.6. The highest BCUT2D eigenvalue weighted by molar-refractivity contribution is 6.05. The highest BCUT2D eigenvalue weighted by Crippen LogP contribution is 2.34. The van der Waals surface area contributed by atoms with Gasteiger partial charge in [0.1, 0.15) is 5.58 Å². The molecule has 0 N–H and O–H groups in total. The van der Waals surface area contributed by atoms with E-state index < -0.39 is 0 Å². The maximum absolute atomic E-state index is 6.05. The second kappa shape index (κ2) is 6.56. The van der Waals surface area contributed by atoms with Crippen LogP contribution in [0.25, 0.3) is 44.5 Å². The predicted molar refractivity (Wildman–Crippen MR) is 119 cm³/mol. The third-order valence-corrected chi connectivity index (χ3v) is 5.36. The average Bonchev–Trinajstić information content (AvgIpc) is 3.11. The van der Waals surface area contributed by atoms with Gasteiger partial charge in [0.05, 0.1) is 5.69 Å². The Bertz CT molecular complexity index is 1330. The Labute approximate surface area is 170 Å². The zero-order valence-corrected chi connectivity index (χ0v) is 16.8. The van der Waals surface area contributed by atoms with E-state index >= 15 is 0 Å². The van der Waals surface area contributed by atoms with E-state index in [9.17, 15) is 0 Å². The van der Waals surface area contributed by atoms with Gasteiger partial charge in [0.2, 0.25) is 5.71 Å². The van der Waals surface area contributed by atoms with Crippen molar-refractivity contribution in [2.75, 3.05) is 0 Å². The molecule has 0 saturated heterocycles. The predicted octanol–water partition coefficient (Wildman–Crippen LogP) is 7.01. The SMILES string of the molecule is CC(C)(C)c1ccnc(-c2cnc3oc4cc(-c5ccccc5)ccc4c3c2)c1. The average molecular weight is 378 g/mol. The molecule has 3 aromatic heterocycles. The van der Waals surface area contributed by atoms with E-state index in [0.717, 1.165) is 33.2 Å². The molecule has 0 saturated carbocycles. The van der Waals surface area contributed by atoms with E-state index in [1.165, 1.54) is 11.1 Å². The first-order valence-corrected chi connectivity index (χ1v) is 9.84. The summed E-state index contributed by atoms with van der Waals surface area (Å²) >= 11 is 0. The number of pyridine rings is 2. The molecule has 0 amide bonds. The summed E-state index contributed by atoms with van der Waals surface area (Å²) in [5.74, 6) is 0. The van der Waals surface area contributed by atoms with Gasteiger partial charge in [-0.1, -0.05) is 57.2 Å². The van der Waals surface area contributed by atoms with E-state index in [1.807, 2.05) is 30.6 Å². The van der Waals surface area contributed by atoms with Crippen molar-refractivity contribution in [1.29, 1.82) is 0 Å². The summed E-state index contributed by atoms with van der Waals surface area (Å²) in [6.07, 6.45) is 3.72. The van der Waals surface area contributed by atoms with Crippen molar-refractivity contribution >= 4 is 22.1 Å². The van der Waals surface area contributed by atoms with Crippen LogP contribution in [0.4, 0.5) is 0 Å². The van der Waals surface area contributed by atoms with Gasteiger partial charge < -0.3 is 4.42 Å². The van der Waals surface area contributed by atoms with Gasteiger partial charge in [-0.05, 0) is 52.4 Å². The first-order chi connectivity index (χ1) is 14.0. The highest BCUT2D eigenvalue weighted by atomic mass is 16.3. The quantitative estimate of drug-likeness (QED) is 0.332. The van der Waals surface area contributed by atoms with Crippen LogP contribution in [0, 0.1) is 0 Å². The lowest BCUT2D eigenvalue weighted by atomic mass is 9.87. The summed E-state index contributed by atoms with van der Waals surface area (Å²) in [6.45, 7) is 6.63. The van der Waals surface area contributed by atoms with Gasteiger partial charge >= 0.3 is 0 Å². The van der Waals surface area contributed by atoms with Gasteiger partial charge in [-0.25, -0.2) is 4.98 Å². The van der Waals surface area contributed by atoms with Crippen molar-refractivity contribution < 1.29 is 4.42 Å². The number of rotatable bonds is 2. The molecule has 5 aromatic rings. The van der Waals surface area contributed by atoms with Crippen LogP contribution >= 0.6 is 0 Å². The van der Waals surface area contributed by atoms with Gasteiger partial charge in [-0.3, -0.25) is 4.98 Å². The number of aromatic nitrogens is 2. The molecule has 5 rings (SSSR count). The Morgan fingerprint density at radius 3 is 2.34 bits per heavy atom. The fraction of sp³-hybridized carbons (Fsp3) is 0.154. The van der Waals surface area contributed by atoms with Crippen LogP contribution in [0.2, 0.25) is 0 Å². The smallest absolute Gasteiger partial charge is 0.227 e.